The number of hydrogen-bond acceptors (Lipinski definition) is 5. The number of benzene rings is 1. The van der Waals surface area contributed by atoms with Crippen molar-refractivity contribution in [3.05, 3.63) is 76.3 Å². The van der Waals surface area contributed by atoms with Gasteiger partial charge in [-0.1, -0.05) is 29.8 Å². The van der Waals surface area contributed by atoms with Crippen LogP contribution in [-0.4, -0.2) is 53.3 Å². The number of carbonyl (C=O) groups is 1. The normalized spacial score (nSPS) is 18.0. The molecule has 6 rings (SSSR count). The van der Waals surface area contributed by atoms with Crippen molar-refractivity contribution >= 4 is 11.6 Å². The molecule has 4 heterocycles. The average molecular weight is 498 g/mol. The van der Waals surface area contributed by atoms with Crippen LogP contribution in [0.5, 0.6) is 0 Å². The number of piperidine rings is 1. The summed E-state index contributed by atoms with van der Waals surface area (Å²) in [6.45, 7) is 8.73. The Morgan fingerprint density at radius 1 is 1.05 bits per heavy atom. The molecule has 0 spiro atoms. The fourth-order valence-electron chi connectivity index (χ4n) is 5.64. The van der Waals surface area contributed by atoms with Gasteiger partial charge in [-0.25, -0.2) is 9.50 Å². The van der Waals surface area contributed by atoms with Gasteiger partial charge >= 0.3 is 0 Å². The molecule has 4 aromatic rings. The molecule has 1 saturated heterocycles. The molecule has 2 fully saturated rings. The summed E-state index contributed by atoms with van der Waals surface area (Å²) in [5, 5.41) is 13.2. The predicted molar refractivity (Wildman–Crippen MR) is 142 cm³/mol. The monoisotopic (exact) mass is 497 g/mol. The van der Waals surface area contributed by atoms with E-state index < -0.39 is 0 Å². The highest BCUT2D eigenvalue weighted by atomic mass is 16.2. The number of carbonyl (C=O) groups excluding carboxylic acids is 1. The number of rotatable bonds is 7. The van der Waals surface area contributed by atoms with Crippen molar-refractivity contribution < 1.29 is 4.79 Å². The molecule has 1 aliphatic heterocycles. The molecule has 0 N–H and O–H groups in total. The fraction of sp³-hybridized carbons (Fsp3) is 0.483. The fourth-order valence-corrected chi connectivity index (χ4v) is 5.64. The van der Waals surface area contributed by atoms with Gasteiger partial charge in [-0.15, -0.1) is 10.2 Å². The molecule has 1 atom stereocenters. The highest BCUT2D eigenvalue weighted by Crippen LogP contribution is 2.31. The van der Waals surface area contributed by atoms with Gasteiger partial charge in [0, 0.05) is 43.9 Å². The van der Waals surface area contributed by atoms with Gasteiger partial charge in [0.15, 0.2) is 5.65 Å². The third kappa shape index (κ3) is 4.89. The van der Waals surface area contributed by atoms with Crippen LogP contribution in [0.1, 0.15) is 69.9 Å². The third-order valence-corrected chi connectivity index (χ3v) is 8.07. The van der Waals surface area contributed by atoms with E-state index in [0.717, 1.165) is 74.0 Å². The van der Waals surface area contributed by atoms with Gasteiger partial charge in [0.25, 0.3) is 5.91 Å². The first kappa shape index (κ1) is 23.8. The summed E-state index contributed by atoms with van der Waals surface area (Å²) < 4.78 is 4.05. The van der Waals surface area contributed by atoms with Crippen LogP contribution in [-0.2, 0) is 19.4 Å². The summed E-state index contributed by atoms with van der Waals surface area (Å²) >= 11 is 0. The maximum absolute atomic E-state index is 13.7. The highest BCUT2D eigenvalue weighted by Gasteiger charge is 2.29. The first-order chi connectivity index (χ1) is 18.0. The molecule has 0 bridgehead atoms. The minimum atomic E-state index is 0.0248. The lowest BCUT2D eigenvalue weighted by Gasteiger charge is -2.32. The lowest BCUT2D eigenvalue weighted by Crippen LogP contribution is -2.40. The van der Waals surface area contributed by atoms with Crippen molar-refractivity contribution in [2.45, 2.75) is 65.8 Å². The Kier molecular flexibility index (Phi) is 6.26. The van der Waals surface area contributed by atoms with Crippen molar-refractivity contribution in [1.82, 2.24) is 34.3 Å². The number of likely N-dealkylation sites (tertiary alicyclic amines) is 1. The Morgan fingerprint density at radius 2 is 1.86 bits per heavy atom. The molecule has 192 valence electrons. The van der Waals surface area contributed by atoms with E-state index in [9.17, 15) is 4.79 Å². The lowest BCUT2D eigenvalue weighted by atomic mass is 9.94. The van der Waals surface area contributed by atoms with E-state index >= 15 is 0 Å². The molecular formula is C29H35N7O. The Bertz CT molecular complexity index is 1430. The molecule has 1 aliphatic carbocycles. The summed E-state index contributed by atoms with van der Waals surface area (Å²) in [6.07, 6.45) is 9.94. The molecule has 1 unspecified atom stereocenters. The van der Waals surface area contributed by atoms with Gasteiger partial charge in [-0.2, -0.15) is 5.10 Å². The molecule has 2 aliphatic rings. The summed E-state index contributed by atoms with van der Waals surface area (Å²) in [5.74, 6) is 2.25. The molecule has 8 nitrogen and oxygen atoms in total. The van der Waals surface area contributed by atoms with Crippen LogP contribution < -0.4 is 0 Å². The van der Waals surface area contributed by atoms with E-state index in [0.29, 0.717) is 17.1 Å². The smallest absolute Gasteiger partial charge is 0.259 e. The van der Waals surface area contributed by atoms with Crippen molar-refractivity contribution in [2.24, 2.45) is 11.8 Å². The Labute approximate surface area is 217 Å². The van der Waals surface area contributed by atoms with Crippen LogP contribution >= 0.6 is 0 Å². The quantitative estimate of drug-likeness (QED) is 0.379. The molecule has 0 radical (unpaired) electrons. The minimum absolute atomic E-state index is 0.0248. The highest BCUT2D eigenvalue weighted by molar-refractivity contribution is 5.99. The number of amides is 1. The number of nitrogens with zero attached hydrogens (tertiary/aromatic N) is 7. The SMILES string of the molecule is Cc1ccc(Cc2c(C)nc3c(C(=O)N4CCCC(Cc5nncn5CC5CC5)C4)cnn3c2C)cc1. The summed E-state index contributed by atoms with van der Waals surface area (Å²) in [4.78, 5) is 20.5. The van der Waals surface area contributed by atoms with Crippen LogP contribution in [0.15, 0.2) is 36.8 Å². The van der Waals surface area contributed by atoms with E-state index in [1.54, 1.807) is 6.20 Å². The summed E-state index contributed by atoms with van der Waals surface area (Å²) in [5.41, 5.74) is 6.88. The number of aryl methyl sites for hydroxylation is 3. The van der Waals surface area contributed by atoms with Crippen molar-refractivity contribution in [1.29, 1.82) is 0 Å². The van der Waals surface area contributed by atoms with Crippen LogP contribution in [0, 0.1) is 32.6 Å². The molecule has 1 amide bonds. The van der Waals surface area contributed by atoms with E-state index in [4.69, 9.17) is 4.98 Å². The van der Waals surface area contributed by atoms with Crippen LogP contribution in [0.25, 0.3) is 5.65 Å². The second-order valence-corrected chi connectivity index (χ2v) is 11.0. The number of aromatic nitrogens is 6. The number of hydrogen-bond donors (Lipinski definition) is 0. The van der Waals surface area contributed by atoms with Gasteiger partial charge in [-0.05, 0) is 69.4 Å². The van der Waals surface area contributed by atoms with Crippen LogP contribution in [0.3, 0.4) is 0 Å². The van der Waals surface area contributed by atoms with Crippen LogP contribution in [0.4, 0.5) is 0 Å². The molecular weight excluding hydrogens is 462 g/mol. The lowest BCUT2D eigenvalue weighted by molar-refractivity contribution is 0.0673. The van der Waals surface area contributed by atoms with Gasteiger partial charge in [-0.3, -0.25) is 4.79 Å². The van der Waals surface area contributed by atoms with Crippen molar-refractivity contribution in [3.63, 3.8) is 0 Å². The maximum atomic E-state index is 13.7. The Morgan fingerprint density at radius 3 is 2.65 bits per heavy atom. The first-order valence-corrected chi connectivity index (χ1v) is 13.5. The number of fused-ring (bicyclic) bond motifs is 1. The second-order valence-electron chi connectivity index (χ2n) is 11.0. The van der Waals surface area contributed by atoms with E-state index in [1.165, 1.54) is 24.0 Å². The van der Waals surface area contributed by atoms with Gasteiger partial charge in [0.1, 0.15) is 17.7 Å². The molecule has 37 heavy (non-hydrogen) atoms. The average Bonchev–Trinajstić information content (AvgIpc) is 3.45. The van der Waals surface area contributed by atoms with E-state index in [1.807, 2.05) is 22.7 Å². The summed E-state index contributed by atoms with van der Waals surface area (Å²) in [6, 6.07) is 8.61. The van der Waals surface area contributed by atoms with Gasteiger partial charge in [0.2, 0.25) is 0 Å². The van der Waals surface area contributed by atoms with Crippen molar-refractivity contribution in [2.75, 3.05) is 13.1 Å². The summed E-state index contributed by atoms with van der Waals surface area (Å²) in [7, 11) is 0. The molecule has 3 aromatic heterocycles. The zero-order chi connectivity index (χ0) is 25.5. The van der Waals surface area contributed by atoms with Crippen molar-refractivity contribution in [3.8, 4) is 0 Å². The second kappa shape index (κ2) is 9.72. The minimum Gasteiger partial charge on any atom is -0.338 e. The zero-order valence-corrected chi connectivity index (χ0v) is 22.0. The Balaban J connectivity index is 1.20. The van der Waals surface area contributed by atoms with Gasteiger partial charge < -0.3 is 9.47 Å². The van der Waals surface area contributed by atoms with Gasteiger partial charge in [0.05, 0.1) is 6.20 Å². The largest absolute Gasteiger partial charge is 0.338 e. The molecule has 1 aromatic carbocycles. The predicted octanol–water partition coefficient (Wildman–Crippen LogP) is 4.34. The van der Waals surface area contributed by atoms with Crippen LogP contribution in [0.2, 0.25) is 0 Å². The third-order valence-electron chi connectivity index (χ3n) is 8.07. The maximum Gasteiger partial charge on any atom is 0.259 e. The molecule has 1 saturated carbocycles. The van der Waals surface area contributed by atoms with E-state index in [-0.39, 0.29) is 5.91 Å². The Hall–Kier alpha value is -3.55. The standard InChI is InChI=1S/C29H35N7O/c1-19-6-8-22(9-7-19)13-25-20(2)32-28-26(15-31-36(28)21(25)3)29(37)34-12-4-5-24(17-34)14-27-33-30-18-35(27)16-23-10-11-23/h6-9,15,18,23-24H,4-5,10-14,16-17H2,1-3H3. The first-order valence-electron chi connectivity index (χ1n) is 13.5. The van der Waals surface area contributed by atoms with E-state index in [2.05, 4.69) is 58.0 Å². The molecule has 8 heteroatoms. The zero-order valence-electron chi connectivity index (χ0n) is 22.0. The topological polar surface area (TPSA) is 81.2 Å².